The van der Waals surface area contributed by atoms with Gasteiger partial charge in [0.05, 0.1) is 13.7 Å². The van der Waals surface area contributed by atoms with E-state index in [1.807, 2.05) is 48.4 Å². The summed E-state index contributed by atoms with van der Waals surface area (Å²) in [5.41, 5.74) is 2.62. The van der Waals surface area contributed by atoms with E-state index in [1.54, 1.807) is 36.3 Å². The second kappa shape index (κ2) is 12.8. The van der Waals surface area contributed by atoms with Crippen LogP contribution < -0.4 is 4.74 Å². The fourth-order valence-electron chi connectivity index (χ4n) is 5.07. The fourth-order valence-corrected chi connectivity index (χ4v) is 5.26. The van der Waals surface area contributed by atoms with Crippen molar-refractivity contribution in [3.63, 3.8) is 0 Å². The van der Waals surface area contributed by atoms with Crippen LogP contribution in [0.15, 0.2) is 66.9 Å². The number of hydrogen-bond acceptors (Lipinski definition) is 3. The molecule has 1 fully saturated rings. The van der Waals surface area contributed by atoms with Crippen molar-refractivity contribution >= 4 is 23.4 Å². The van der Waals surface area contributed by atoms with Crippen molar-refractivity contribution in [1.82, 2.24) is 14.4 Å². The van der Waals surface area contributed by atoms with E-state index in [0.717, 1.165) is 42.0 Å². The highest BCUT2D eigenvalue weighted by Gasteiger charge is 2.29. The number of methoxy groups -OCH3 is 1. The van der Waals surface area contributed by atoms with Gasteiger partial charge in [0.25, 0.3) is 5.91 Å². The van der Waals surface area contributed by atoms with E-state index in [4.69, 9.17) is 16.3 Å². The number of benzene rings is 2. The lowest BCUT2D eigenvalue weighted by molar-refractivity contribution is -0.135. The Balaban J connectivity index is 1.53. The molecule has 1 saturated carbocycles. The van der Waals surface area contributed by atoms with Crippen molar-refractivity contribution in [1.29, 1.82) is 0 Å². The van der Waals surface area contributed by atoms with Gasteiger partial charge in [-0.05, 0) is 61.7 Å². The molecular formula is C30H36ClN3O3. The largest absolute Gasteiger partial charge is 0.497 e. The summed E-state index contributed by atoms with van der Waals surface area (Å²) < 4.78 is 7.44. The molecule has 3 aromatic rings. The van der Waals surface area contributed by atoms with Crippen molar-refractivity contribution in [3.05, 3.63) is 88.7 Å². The molecular weight excluding hydrogens is 486 g/mol. The number of ether oxygens (including phenoxy) is 1. The summed E-state index contributed by atoms with van der Waals surface area (Å²) in [6.07, 6.45) is 7.47. The van der Waals surface area contributed by atoms with Crippen LogP contribution in [0.25, 0.3) is 0 Å². The van der Waals surface area contributed by atoms with Gasteiger partial charge in [0.1, 0.15) is 12.3 Å². The molecule has 2 aromatic carbocycles. The Labute approximate surface area is 224 Å². The molecule has 2 amide bonds. The van der Waals surface area contributed by atoms with Gasteiger partial charge in [0.15, 0.2) is 0 Å². The van der Waals surface area contributed by atoms with Gasteiger partial charge in [0, 0.05) is 41.6 Å². The third kappa shape index (κ3) is 6.75. The molecule has 4 rings (SSSR count). The molecule has 0 aliphatic heterocycles. The van der Waals surface area contributed by atoms with Gasteiger partial charge in [-0.15, -0.1) is 0 Å². The van der Waals surface area contributed by atoms with E-state index in [2.05, 4.69) is 10.6 Å². The lowest BCUT2D eigenvalue weighted by atomic mass is 9.94. The van der Waals surface area contributed by atoms with E-state index >= 15 is 0 Å². The van der Waals surface area contributed by atoms with E-state index < -0.39 is 0 Å². The van der Waals surface area contributed by atoms with Crippen LogP contribution in [0.3, 0.4) is 0 Å². The maximum Gasteiger partial charge on any atom is 0.254 e. The first-order valence-electron chi connectivity index (χ1n) is 13.1. The normalized spacial score (nSPS) is 13.8. The van der Waals surface area contributed by atoms with Crippen LogP contribution in [0.2, 0.25) is 5.02 Å². The number of carbonyl (C=O) groups is 2. The fraction of sp³-hybridized carbons (Fsp3) is 0.400. The number of hydrogen-bond donors (Lipinski definition) is 0. The van der Waals surface area contributed by atoms with Gasteiger partial charge in [-0.2, -0.15) is 0 Å². The predicted octanol–water partition coefficient (Wildman–Crippen LogP) is 6.02. The third-order valence-corrected chi connectivity index (χ3v) is 7.57. The van der Waals surface area contributed by atoms with Gasteiger partial charge in [-0.1, -0.05) is 55.1 Å². The topological polar surface area (TPSA) is 54.8 Å². The molecule has 1 aromatic heterocycles. The zero-order chi connectivity index (χ0) is 26.2. The summed E-state index contributed by atoms with van der Waals surface area (Å²) in [5.74, 6) is 0.437. The van der Waals surface area contributed by atoms with Crippen molar-refractivity contribution in [2.45, 2.75) is 58.2 Å². The zero-order valence-corrected chi connectivity index (χ0v) is 22.5. The summed E-state index contributed by atoms with van der Waals surface area (Å²) in [4.78, 5) is 30.7. The number of halogens is 1. The Hall–Kier alpha value is -3.25. The molecule has 7 heteroatoms. The molecule has 0 N–H and O–H groups in total. The summed E-state index contributed by atoms with van der Waals surface area (Å²) in [6.45, 7) is 3.55. The summed E-state index contributed by atoms with van der Waals surface area (Å²) in [5, 5.41) is 0.733. The second-order valence-electron chi connectivity index (χ2n) is 9.58. The molecule has 196 valence electrons. The minimum Gasteiger partial charge on any atom is -0.497 e. The molecule has 0 radical (unpaired) electrons. The van der Waals surface area contributed by atoms with Crippen LogP contribution in [-0.4, -0.2) is 52.4 Å². The van der Waals surface area contributed by atoms with E-state index in [-0.39, 0.29) is 24.4 Å². The standard InChI is InChI=1S/C30H36ClN3O3/c1-3-32(30(36)23-12-9-16-27(19-23)37-2)22-29(35)34(25-13-5-4-6-14-25)21-26-15-10-18-33(26)20-24-11-7-8-17-28(24)31/h7-12,15-19,25H,3-6,13-14,20-22H2,1-2H3. The van der Waals surface area contributed by atoms with Crippen LogP contribution in [-0.2, 0) is 17.9 Å². The average molecular weight is 522 g/mol. The molecule has 6 nitrogen and oxygen atoms in total. The van der Waals surface area contributed by atoms with Crippen LogP contribution in [0, 0.1) is 0 Å². The Morgan fingerprint density at radius 1 is 1.03 bits per heavy atom. The molecule has 0 spiro atoms. The second-order valence-corrected chi connectivity index (χ2v) is 9.99. The first-order valence-corrected chi connectivity index (χ1v) is 13.5. The monoisotopic (exact) mass is 521 g/mol. The van der Waals surface area contributed by atoms with Crippen molar-refractivity contribution in [3.8, 4) is 5.75 Å². The maximum absolute atomic E-state index is 13.8. The van der Waals surface area contributed by atoms with Crippen molar-refractivity contribution in [2.75, 3.05) is 20.2 Å². The van der Waals surface area contributed by atoms with Crippen LogP contribution >= 0.6 is 11.6 Å². The molecule has 1 aliphatic carbocycles. The lowest BCUT2D eigenvalue weighted by Gasteiger charge is -2.36. The van der Waals surface area contributed by atoms with E-state index in [9.17, 15) is 9.59 Å². The quantitative estimate of drug-likeness (QED) is 0.328. The van der Waals surface area contributed by atoms with Crippen molar-refractivity contribution in [2.24, 2.45) is 0 Å². The molecule has 0 bridgehead atoms. The number of nitrogens with zero attached hydrogens (tertiary/aromatic N) is 3. The molecule has 1 aliphatic rings. The van der Waals surface area contributed by atoms with Gasteiger partial charge < -0.3 is 19.1 Å². The van der Waals surface area contributed by atoms with Crippen LogP contribution in [0.5, 0.6) is 5.75 Å². The summed E-state index contributed by atoms with van der Waals surface area (Å²) >= 11 is 6.42. The minimum atomic E-state index is -0.166. The van der Waals surface area contributed by atoms with Crippen LogP contribution in [0.1, 0.15) is 60.6 Å². The highest BCUT2D eigenvalue weighted by Crippen LogP contribution is 2.26. The van der Waals surface area contributed by atoms with Crippen molar-refractivity contribution < 1.29 is 14.3 Å². The molecule has 37 heavy (non-hydrogen) atoms. The summed E-state index contributed by atoms with van der Waals surface area (Å²) in [6, 6.07) is 19.2. The molecule has 0 unspecified atom stereocenters. The lowest BCUT2D eigenvalue weighted by Crippen LogP contribution is -2.47. The Kier molecular flexibility index (Phi) is 9.29. The number of aromatic nitrogens is 1. The van der Waals surface area contributed by atoms with Gasteiger partial charge in [0.2, 0.25) is 5.91 Å². The molecule has 0 saturated heterocycles. The Morgan fingerprint density at radius 3 is 2.54 bits per heavy atom. The van der Waals surface area contributed by atoms with Gasteiger partial charge in [-0.3, -0.25) is 9.59 Å². The maximum atomic E-state index is 13.8. The zero-order valence-electron chi connectivity index (χ0n) is 21.7. The number of likely N-dealkylation sites (N-methyl/N-ethyl adjacent to an activating group) is 1. The Morgan fingerprint density at radius 2 is 1.81 bits per heavy atom. The first-order chi connectivity index (χ1) is 18.0. The highest BCUT2D eigenvalue weighted by atomic mass is 35.5. The SMILES string of the molecule is CCN(CC(=O)N(Cc1cccn1Cc1ccccc1Cl)C1CCCCC1)C(=O)c1cccc(OC)c1. The third-order valence-electron chi connectivity index (χ3n) is 7.20. The number of carbonyl (C=O) groups excluding carboxylic acids is 2. The predicted molar refractivity (Wildman–Crippen MR) is 147 cm³/mol. The minimum absolute atomic E-state index is 0.0181. The van der Waals surface area contributed by atoms with Crippen LogP contribution in [0.4, 0.5) is 0 Å². The highest BCUT2D eigenvalue weighted by molar-refractivity contribution is 6.31. The van der Waals surface area contributed by atoms with E-state index in [0.29, 0.717) is 30.9 Å². The number of rotatable bonds is 10. The summed E-state index contributed by atoms with van der Waals surface area (Å²) in [7, 11) is 1.58. The first kappa shape index (κ1) is 26.8. The smallest absolute Gasteiger partial charge is 0.254 e. The van der Waals surface area contributed by atoms with Gasteiger partial charge in [-0.25, -0.2) is 0 Å². The molecule has 0 atom stereocenters. The van der Waals surface area contributed by atoms with E-state index in [1.165, 1.54) is 6.42 Å². The Bertz CT molecular complexity index is 1200. The van der Waals surface area contributed by atoms with Gasteiger partial charge >= 0.3 is 0 Å². The molecule has 1 heterocycles. The average Bonchev–Trinajstić information content (AvgIpc) is 3.38. The number of amides is 2.